The lowest BCUT2D eigenvalue weighted by molar-refractivity contribution is 0.616. The lowest BCUT2D eigenvalue weighted by atomic mass is 9.85. The molecule has 0 saturated heterocycles. The second-order valence-electron chi connectivity index (χ2n) is 28.5. The molecule has 22 rings (SSSR count). The molecule has 1 aliphatic carbocycles. The van der Waals surface area contributed by atoms with E-state index in [2.05, 4.69) is 356 Å². The Morgan fingerprint density at radius 2 is 0.845 bits per heavy atom. The fourth-order valence-corrected chi connectivity index (χ4v) is 17.8. The normalized spacial score (nSPS) is 12.8. The van der Waals surface area contributed by atoms with Gasteiger partial charge >= 0.3 is 0 Å². The second-order valence-corrected chi connectivity index (χ2v) is 29.6. The van der Waals surface area contributed by atoms with Crippen LogP contribution in [0.2, 0.25) is 0 Å². The molecule has 3 aliphatic heterocycles. The third-order valence-electron chi connectivity index (χ3n) is 21.7. The average Bonchev–Trinajstić information content (AvgIpc) is 1.58. The number of fused-ring (bicyclic) bond motifs is 21. The quantitative estimate of drug-likeness (QED) is 0.156. The molecule has 8 heteroatoms. The minimum Gasteiger partial charge on any atom is -0.464 e. The predicted octanol–water partition coefficient (Wildman–Crippen LogP) is 28.4. The highest BCUT2D eigenvalue weighted by Crippen LogP contribution is 2.58. The molecule has 5 aromatic heterocycles. The van der Waals surface area contributed by atoms with Crippen LogP contribution in [-0.2, 0) is 5.41 Å². The zero-order valence-electron chi connectivity index (χ0n) is 60.3. The highest BCUT2D eigenvalue weighted by atomic mass is 32.2. The van der Waals surface area contributed by atoms with Crippen molar-refractivity contribution in [2.45, 2.75) is 29.1 Å². The molecule has 7 nitrogen and oxygen atoms in total. The van der Waals surface area contributed by atoms with E-state index in [0.717, 1.165) is 101 Å². The molecule has 0 fully saturated rings. The van der Waals surface area contributed by atoms with E-state index in [1.807, 2.05) is 48.3 Å². The van der Waals surface area contributed by atoms with E-state index < -0.39 is 0 Å². The predicted molar refractivity (Wildman–Crippen MR) is 455 cm³/mol. The molecular weight excluding hydrogens is 1360 g/mol. The van der Waals surface area contributed by atoms with Crippen molar-refractivity contribution in [2.75, 3.05) is 9.80 Å². The molecule has 4 aliphatic rings. The van der Waals surface area contributed by atoms with Crippen molar-refractivity contribution < 1.29 is 8.83 Å². The van der Waals surface area contributed by atoms with Crippen LogP contribution in [0.5, 0.6) is 0 Å². The van der Waals surface area contributed by atoms with Crippen LogP contribution in [0.25, 0.3) is 151 Å². The summed E-state index contributed by atoms with van der Waals surface area (Å²) >= 11 is 1.91. The third-order valence-corrected chi connectivity index (χ3v) is 23.0. The number of aromatic nitrogens is 3. The molecule has 520 valence electrons. The van der Waals surface area contributed by atoms with Crippen LogP contribution in [0.15, 0.2) is 395 Å². The first-order chi connectivity index (χ1) is 54.3. The van der Waals surface area contributed by atoms with Gasteiger partial charge in [-0.1, -0.05) is 299 Å². The van der Waals surface area contributed by atoms with Crippen LogP contribution >= 0.6 is 11.8 Å². The maximum absolute atomic E-state index is 6.07. The summed E-state index contributed by atoms with van der Waals surface area (Å²) in [4.78, 5) is 21.8. The number of anilines is 6. The lowest BCUT2D eigenvalue weighted by Gasteiger charge is -2.28. The number of benzene rings is 13. The number of allylic oxidation sites excluding steroid dienone is 1. The summed E-state index contributed by atoms with van der Waals surface area (Å²) in [6.45, 7) is 4.62. The average molecular weight is 1430 g/mol. The number of rotatable bonds is 7. The largest absolute Gasteiger partial charge is 0.464 e. The smallest absolute Gasteiger partial charge is 0.158 e. The number of para-hydroxylation sites is 2. The highest BCUT2D eigenvalue weighted by Gasteiger charge is 2.34. The first-order valence-corrected chi connectivity index (χ1v) is 38.1. The van der Waals surface area contributed by atoms with Gasteiger partial charge in [-0.05, 0) is 157 Å². The number of hydrogen-bond acceptors (Lipinski definition) is 8. The standard InChI is InChI=1S/C40H29NS.C32H21NO.C30H19N3O/c1-40(2)25-24-34-35(40)22-20-33-29-17-10-9-16-28(29)31-18-11-19-32(38(31)42-39(33)34)30-21-23-36(26-12-5-3-6-13-26)41-37(30)27-14-7-4-8-15-27;1-2-9-22(10-3-1)23-11-8-12-24(21-23)33-30-16-7-6-15-27(30)25-13-4-5-14-26(25)28-17-18-31-29(32(28)33)19-20-34-31;1-2-8-23-22(7-1)24-9-3-4-11-28(24)33(29-25(23)14-12-20-16-18-34-30(20)29)21-13-15-27(32-19-21)26-10-5-6-17-31-26/h3-25H,1-2H3;1-21H;1-19H. The van der Waals surface area contributed by atoms with Gasteiger partial charge < -0.3 is 18.6 Å². The minimum atomic E-state index is 0.0246. The SMILES string of the molecule is CC1(C)C=Cc2c1ccc1c2Sc2c(cccc2-c2ccc(-c3ccccc3)nc2-c2ccccc2)-c2ccccc2-1.c1ccc(-c2ccc(N3c4ccccc4-c4ccccc4-c4ccc5ccoc5c43)cn2)nc1.c1ccc(-c2cccc(N3c4ccccc4-c4ccccc4-c4ccc5occc5c43)c2)cc1. The van der Waals surface area contributed by atoms with Gasteiger partial charge in [-0.2, -0.15) is 0 Å². The van der Waals surface area contributed by atoms with E-state index in [9.17, 15) is 0 Å². The highest BCUT2D eigenvalue weighted by molar-refractivity contribution is 7.99. The van der Waals surface area contributed by atoms with Gasteiger partial charge in [0.15, 0.2) is 5.58 Å². The summed E-state index contributed by atoms with van der Waals surface area (Å²) in [5.41, 5.74) is 36.4. The summed E-state index contributed by atoms with van der Waals surface area (Å²) < 4.78 is 11.9. The van der Waals surface area contributed by atoms with Gasteiger partial charge in [-0.15, -0.1) is 0 Å². The van der Waals surface area contributed by atoms with Crippen molar-refractivity contribution in [1.82, 2.24) is 15.0 Å². The summed E-state index contributed by atoms with van der Waals surface area (Å²) in [6, 6.07) is 122. The number of furan rings is 2. The molecule has 0 atom stereocenters. The topological polar surface area (TPSA) is 71.4 Å². The van der Waals surface area contributed by atoms with Gasteiger partial charge in [0.25, 0.3) is 0 Å². The van der Waals surface area contributed by atoms with E-state index in [1.165, 1.54) is 98.8 Å². The van der Waals surface area contributed by atoms with Gasteiger partial charge in [-0.3, -0.25) is 9.97 Å². The number of pyridine rings is 3. The molecule has 0 amide bonds. The van der Waals surface area contributed by atoms with E-state index in [-0.39, 0.29) is 5.41 Å². The molecule has 0 saturated carbocycles. The van der Waals surface area contributed by atoms with Gasteiger partial charge in [0.05, 0.1) is 69.9 Å². The Bertz CT molecular complexity index is 6600. The van der Waals surface area contributed by atoms with Crippen molar-refractivity contribution in [3.8, 4) is 123 Å². The van der Waals surface area contributed by atoms with Crippen LogP contribution in [0.3, 0.4) is 0 Å². The van der Waals surface area contributed by atoms with Gasteiger partial charge in [0, 0.05) is 76.8 Å². The minimum absolute atomic E-state index is 0.0246. The van der Waals surface area contributed by atoms with Crippen LogP contribution in [0, 0.1) is 0 Å². The van der Waals surface area contributed by atoms with Gasteiger partial charge in [-0.25, -0.2) is 4.98 Å². The Morgan fingerprint density at radius 1 is 0.336 bits per heavy atom. The number of nitrogens with zero attached hydrogens (tertiary/aromatic N) is 5. The monoisotopic (exact) mass is 1430 g/mol. The van der Waals surface area contributed by atoms with Crippen LogP contribution < -0.4 is 9.80 Å². The summed E-state index contributed by atoms with van der Waals surface area (Å²) in [7, 11) is 0. The number of hydrogen-bond donors (Lipinski definition) is 0. The van der Waals surface area contributed by atoms with Crippen molar-refractivity contribution in [3.63, 3.8) is 0 Å². The Labute approximate surface area is 643 Å². The van der Waals surface area contributed by atoms with Crippen molar-refractivity contribution in [1.29, 1.82) is 0 Å². The fraction of sp³-hybridized carbons (Fsp3) is 0.0294. The molecular formula is C102H69N5O2S. The Hall–Kier alpha value is -13.9. The molecule has 0 N–H and O–H groups in total. The van der Waals surface area contributed by atoms with Crippen LogP contribution in [0.4, 0.5) is 34.1 Å². The lowest BCUT2D eigenvalue weighted by Crippen LogP contribution is -2.11. The molecule has 0 bridgehead atoms. The fourth-order valence-electron chi connectivity index (χ4n) is 16.5. The van der Waals surface area contributed by atoms with Crippen LogP contribution in [-0.4, -0.2) is 15.0 Å². The van der Waals surface area contributed by atoms with E-state index in [0.29, 0.717) is 0 Å². The zero-order chi connectivity index (χ0) is 73.2. The molecule has 8 heterocycles. The van der Waals surface area contributed by atoms with E-state index >= 15 is 0 Å². The Kier molecular flexibility index (Phi) is 16.4. The van der Waals surface area contributed by atoms with Crippen molar-refractivity contribution in [3.05, 3.63) is 388 Å². The first kappa shape index (κ1) is 65.6. The Balaban J connectivity index is 0.000000109. The van der Waals surface area contributed by atoms with Gasteiger partial charge in [0.1, 0.15) is 5.58 Å². The van der Waals surface area contributed by atoms with Crippen LogP contribution in [0.1, 0.15) is 25.0 Å². The van der Waals surface area contributed by atoms with Gasteiger partial charge in [0.2, 0.25) is 0 Å². The molecule has 0 spiro atoms. The summed E-state index contributed by atoms with van der Waals surface area (Å²) in [6.07, 6.45) is 11.9. The first-order valence-electron chi connectivity index (χ1n) is 37.3. The molecule has 18 aromatic rings. The summed E-state index contributed by atoms with van der Waals surface area (Å²) in [5.74, 6) is 0. The molecule has 110 heavy (non-hydrogen) atoms. The van der Waals surface area contributed by atoms with Crippen molar-refractivity contribution >= 4 is 73.9 Å². The molecule has 13 aromatic carbocycles. The Morgan fingerprint density at radius 3 is 1.51 bits per heavy atom. The van der Waals surface area contributed by atoms with E-state index in [1.54, 1.807) is 18.7 Å². The maximum atomic E-state index is 6.07. The third kappa shape index (κ3) is 11.4. The molecule has 0 radical (unpaired) electrons. The summed E-state index contributed by atoms with van der Waals surface area (Å²) in [5, 5.41) is 2.17. The van der Waals surface area contributed by atoms with E-state index in [4.69, 9.17) is 18.8 Å². The second kappa shape index (κ2) is 27.5. The molecule has 0 unspecified atom stereocenters. The zero-order valence-corrected chi connectivity index (χ0v) is 61.2. The van der Waals surface area contributed by atoms with Crippen molar-refractivity contribution in [2.24, 2.45) is 0 Å². The maximum Gasteiger partial charge on any atom is 0.158 e.